The molecule has 1 aromatic heterocycles. The zero-order chi connectivity index (χ0) is 22.1. The molecule has 2 heterocycles. The lowest BCUT2D eigenvalue weighted by Gasteiger charge is -2.34. The summed E-state index contributed by atoms with van der Waals surface area (Å²) in [5.74, 6) is -0.578. The highest BCUT2D eigenvalue weighted by Gasteiger charge is 2.35. The van der Waals surface area contributed by atoms with Gasteiger partial charge >= 0.3 is 6.18 Å². The normalized spacial score (nSPS) is 15.9. The molecular formula is C18H17ClF3N3O4S. The highest BCUT2D eigenvalue weighted by molar-refractivity contribution is 7.89. The fraction of sp³-hybridized carbons (Fsp3) is 0.333. The third-order valence-corrected chi connectivity index (χ3v) is 7.08. The van der Waals surface area contributed by atoms with Gasteiger partial charge in [-0.15, -0.1) is 0 Å². The first-order valence-electron chi connectivity index (χ1n) is 8.81. The summed E-state index contributed by atoms with van der Waals surface area (Å²) < 4.78 is 65.9. The van der Waals surface area contributed by atoms with Crippen LogP contribution in [-0.2, 0) is 27.5 Å². The average Bonchev–Trinajstić information content (AvgIpc) is 2.69. The Kier molecular flexibility index (Phi) is 6.25. The van der Waals surface area contributed by atoms with Gasteiger partial charge in [0.15, 0.2) is 0 Å². The summed E-state index contributed by atoms with van der Waals surface area (Å²) in [7, 11) is -3.85. The van der Waals surface area contributed by atoms with Crippen LogP contribution in [-0.4, -0.2) is 54.3 Å². The van der Waals surface area contributed by atoms with E-state index in [2.05, 4.69) is 0 Å². The Balaban J connectivity index is 1.68. The van der Waals surface area contributed by atoms with Crippen LogP contribution >= 0.6 is 11.6 Å². The van der Waals surface area contributed by atoms with Gasteiger partial charge in [0, 0.05) is 32.4 Å². The predicted molar refractivity (Wildman–Crippen MR) is 102 cm³/mol. The standard InChI is InChI=1S/C18H17ClF3N3O4S/c19-14-5-1-2-6-15(14)30(28,29)25-10-8-23(9-11-25)16(26)12-24-7-3-4-13(17(24)27)18(20,21)22/h1-7H,8-12H2. The average molecular weight is 464 g/mol. The van der Waals surface area contributed by atoms with Crippen LogP contribution in [0.4, 0.5) is 13.2 Å². The minimum absolute atomic E-state index is 0.00319. The third kappa shape index (κ3) is 4.52. The topological polar surface area (TPSA) is 79.7 Å². The van der Waals surface area contributed by atoms with Crippen LogP contribution in [0, 0.1) is 0 Å². The van der Waals surface area contributed by atoms with Crippen molar-refractivity contribution >= 4 is 27.5 Å². The SMILES string of the molecule is O=C(Cn1cccc(C(F)(F)F)c1=O)N1CCN(S(=O)(=O)c2ccccc2Cl)CC1. The smallest absolute Gasteiger partial charge is 0.339 e. The number of carbonyl (C=O) groups is 1. The van der Waals surface area contributed by atoms with Crippen LogP contribution < -0.4 is 5.56 Å². The molecule has 1 saturated heterocycles. The summed E-state index contributed by atoms with van der Waals surface area (Å²) in [4.78, 5) is 25.7. The van der Waals surface area contributed by atoms with Crippen molar-refractivity contribution in [3.05, 3.63) is 63.5 Å². The zero-order valence-corrected chi connectivity index (χ0v) is 17.0. The quantitative estimate of drug-likeness (QED) is 0.695. The number of benzene rings is 1. The second-order valence-electron chi connectivity index (χ2n) is 6.57. The Labute approximate surface area is 175 Å². The Bertz CT molecular complexity index is 1110. The summed E-state index contributed by atoms with van der Waals surface area (Å²) in [5, 5.41) is 0.0833. The van der Waals surface area contributed by atoms with Crippen molar-refractivity contribution in [2.45, 2.75) is 17.6 Å². The number of aromatic nitrogens is 1. The molecule has 1 aliphatic heterocycles. The first kappa shape index (κ1) is 22.3. The van der Waals surface area contributed by atoms with Gasteiger partial charge in [-0.05, 0) is 24.3 Å². The molecule has 0 aliphatic carbocycles. The van der Waals surface area contributed by atoms with Crippen molar-refractivity contribution in [3.8, 4) is 0 Å². The maximum Gasteiger partial charge on any atom is 0.421 e. The maximum atomic E-state index is 12.9. The van der Waals surface area contributed by atoms with Crippen molar-refractivity contribution in [1.29, 1.82) is 0 Å². The highest BCUT2D eigenvalue weighted by Crippen LogP contribution is 2.26. The second-order valence-corrected chi connectivity index (χ2v) is 8.88. The van der Waals surface area contributed by atoms with Crippen molar-refractivity contribution in [1.82, 2.24) is 13.8 Å². The van der Waals surface area contributed by atoms with E-state index in [1.54, 1.807) is 12.1 Å². The summed E-state index contributed by atoms with van der Waals surface area (Å²) in [6.07, 6.45) is -3.71. The van der Waals surface area contributed by atoms with Gasteiger partial charge in [-0.25, -0.2) is 8.42 Å². The fourth-order valence-corrected chi connectivity index (χ4v) is 5.01. The van der Waals surface area contributed by atoms with Crippen molar-refractivity contribution in [3.63, 3.8) is 0 Å². The molecule has 7 nitrogen and oxygen atoms in total. The molecule has 2 aromatic rings. The number of sulfonamides is 1. The monoisotopic (exact) mass is 463 g/mol. The highest BCUT2D eigenvalue weighted by atomic mass is 35.5. The van der Waals surface area contributed by atoms with E-state index in [9.17, 15) is 31.2 Å². The zero-order valence-electron chi connectivity index (χ0n) is 15.5. The molecule has 162 valence electrons. The summed E-state index contributed by atoms with van der Waals surface area (Å²) in [5.41, 5.74) is -2.66. The van der Waals surface area contributed by atoms with E-state index in [1.165, 1.54) is 21.3 Å². The molecule has 1 aromatic carbocycles. The molecule has 1 amide bonds. The summed E-state index contributed by atoms with van der Waals surface area (Å²) in [6, 6.07) is 7.70. The van der Waals surface area contributed by atoms with Crippen molar-refractivity contribution in [2.24, 2.45) is 0 Å². The molecule has 3 rings (SSSR count). The molecule has 0 unspecified atom stereocenters. The van der Waals surface area contributed by atoms with Gasteiger partial charge in [0.1, 0.15) is 17.0 Å². The Hall–Kier alpha value is -2.37. The van der Waals surface area contributed by atoms with Gasteiger partial charge < -0.3 is 9.47 Å². The number of alkyl halides is 3. The van der Waals surface area contributed by atoms with E-state index in [1.807, 2.05) is 0 Å². The van der Waals surface area contributed by atoms with Crippen LogP contribution in [0.1, 0.15) is 5.56 Å². The van der Waals surface area contributed by atoms with Crippen LogP contribution in [0.15, 0.2) is 52.3 Å². The molecular weight excluding hydrogens is 447 g/mol. The molecule has 1 aliphatic rings. The van der Waals surface area contributed by atoms with Crippen LogP contribution in [0.25, 0.3) is 0 Å². The van der Waals surface area contributed by atoms with E-state index in [0.717, 1.165) is 12.3 Å². The molecule has 12 heteroatoms. The number of carbonyl (C=O) groups excluding carboxylic acids is 1. The van der Waals surface area contributed by atoms with E-state index in [4.69, 9.17) is 11.6 Å². The molecule has 0 atom stereocenters. The summed E-state index contributed by atoms with van der Waals surface area (Å²) >= 11 is 5.97. The number of piperazine rings is 1. The number of hydrogen-bond acceptors (Lipinski definition) is 4. The van der Waals surface area contributed by atoms with Crippen molar-refractivity contribution in [2.75, 3.05) is 26.2 Å². The lowest BCUT2D eigenvalue weighted by Crippen LogP contribution is -2.51. The summed E-state index contributed by atoms with van der Waals surface area (Å²) in [6.45, 7) is -0.500. The largest absolute Gasteiger partial charge is 0.421 e. The lowest BCUT2D eigenvalue weighted by atomic mass is 10.2. The van der Waals surface area contributed by atoms with Gasteiger partial charge in [0.05, 0.1) is 5.02 Å². The minimum Gasteiger partial charge on any atom is -0.339 e. The molecule has 0 spiro atoms. The number of halogens is 4. The van der Waals surface area contributed by atoms with Crippen LogP contribution in [0.3, 0.4) is 0 Å². The van der Waals surface area contributed by atoms with Gasteiger partial charge in [0.2, 0.25) is 15.9 Å². The van der Waals surface area contributed by atoms with Gasteiger partial charge in [-0.1, -0.05) is 23.7 Å². The molecule has 30 heavy (non-hydrogen) atoms. The van der Waals surface area contributed by atoms with Crippen LogP contribution in [0.5, 0.6) is 0 Å². The maximum absolute atomic E-state index is 12.9. The number of amides is 1. The van der Waals surface area contributed by atoms with Crippen molar-refractivity contribution < 1.29 is 26.4 Å². The molecule has 0 saturated carbocycles. The molecule has 1 fully saturated rings. The number of hydrogen-bond donors (Lipinski definition) is 0. The van der Waals surface area contributed by atoms with Gasteiger partial charge in [-0.2, -0.15) is 17.5 Å². The van der Waals surface area contributed by atoms with Crippen LogP contribution in [0.2, 0.25) is 5.02 Å². The predicted octanol–water partition coefficient (Wildman–Crippen LogP) is 2.05. The second kappa shape index (κ2) is 8.40. The molecule has 0 bridgehead atoms. The Morgan fingerprint density at radius 1 is 1.03 bits per heavy atom. The number of pyridine rings is 1. The fourth-order valence-electron chi connectivity index (χ4n) is 3.09. The Morgan fingerprint density at radius 3 is 2.27 bits per heavy atom. The van der Waals surface area contributed by atoms with E-state index >= 15 is 0 Å². The van der Waals surface area contributed by atoms with E-state index in [0.29, 0.717) is 10.6 Å². The lowest BCUT2D eigenvalue weighted by molar-refractivity contribution is -0.139. The van der Waals surface area contributed by atoms with E-state index < -0.39 is 39.8 Å². The molecule has 0 radical (unpaired) electrons. The third-order valence-electron chi connectivity index (χ3n) is 4.68. The Morgan fingerprint density at radius 2 is 1.67 bits per heavy atom. The van der Waals surface area contributed by atoms with Gasteiger partial charge in [0.25, 0.3) is 5.56 Å². The first-order valence-corrected chi connectivity index (χ1v) is 10.6. The van der Waals surface area contributed by atoms with Gasteiger partial charge in [-0.3, -0.25) is 9.59 Å². The van der Waals surface area contributed by atoms with E-state index in [-0.39, 0.29) is 36.1 Å². The first-order chi connectivity index (χ1) is 14.0. The molecule has 0 N–H and O–H groups in total. The minimum atomic E-state index is -4.82. The number of rotatable bonds is 4. The number of nitrogens with zero attached hydrogens (tertiary/aromatic N) is 3.